The van der Waals surface area contributed by atoms with Crippen molar-refractivity contribution in [2.45, 2.75) is 5.03 Å². The van der Waals surface area contributed by atoms with Crippen molar-refractivity contribution in [3.63, 3.8) is 0 Å². The Labute approximate surface area is 89.8 Å². The summed E-state index contributed by atoms with van der Waals surface area (Å²) in [5.41, 5.74) is -0.0531. The Morgan fingerprint density at radius 2 is 2.27 bits per heavy atom. The molecule has 0 saturated carbocycles. The van der Waals surface area contributed by atoms with Crippen LogP contribution in [0.2, 0.25) is 0 Å². The lowest BCUT2D eigenvalue weighted by Crippen LogP contribution is -2.05. The molecule has 1 heterocycles. The molecular weight excluding hydrogens is 220 g/mol. The van der Waals surface area contributed by atoms with Crippen LogP contribution in [0.15, 0.2) is 17.2 Å². The Morgan fingerprint density at radius 3 is 2.73 bits per heavy atom. The van der Waals surface area contributed by atoms with E-state index in [-0.39, 0.29) is 16.4 Å². The van der Waals surface area contributed by atoms with E-state index in [1.807, 2.05) is 0 Å². The number of hydrogen-bond acceptors (Lipinski definition) is 6. The number of nitrogens with zero attached hydrogens (tertiary/aromatic N) is 2. The van der Waals surface area contributed by atoms with Crippen molar-refractivity contribution in [2.75, 3.05) is 13.4 Å². The second-order valence-electron chi connectivity index (χ2n) is 2.47. The molecule has 0 atom stereocenters. The Morgan fingerprint density at radius 1 is 1.60 bits per heavy atom. The molecule has 0 bridgehead atoms. The second-order valence-corrected chi connectivity index (χ2v) is 3.27. The van der Waals surface area contributed by atoms with Gasteiger partial charge in [0.25, 0.3) is 0 Å². The van der Waals surface area contributed by atoms with Crippen LogP contribution in [0.3, 0.4) is 0 Å². The van der Waals surface area contributed by atoms with E-state index < -0.39 is 10.9 Å². The Bertz CT molecular complexity index is 408. The molecule has 1 aromatic heterocycles. The monoisotopic (exact) mass is 228 g/mol. The number of esters is 1. The predicted molar refractivity (Wildman–Crippen MR) is 54.0 cm³/mol. The first kappa shape index (κ1) is 11.4. The maximum absolute atomic E-state index is 11.1. The lowest BCUT2D eigenvalue weighted by molar-refractivity contribution is -0.388. The van der Waals surface area contributed by atoms with E-state index in [4.69, 9.17) is 0 Å². The van der Waals surface area contributed by atoms with Gasteiger partial charge in [-0.25, -0.2) is 9.78 Å². The maximum atomic E-state index is 11.1. The standard InChI is InChI=1S/C8H8N2O4S/c1-14-8(11)5-3-4-6(10(12)13)7(9-5)15-2/h3-4H,1-2H3. The number of ether oxygens (including phenoxy) is 1. The second kappa shape index (κ2) is 4.74. The summed E-state index contributed by atoms with van der Waals surface area (Å²) in [6.45, 7) is 0. The molecule has 0 aliphatic rings. The number of thioether (sulfide) groups is 1. The fourth-order valence-electron chi connectivity index (χ4n) is 0.941. The maximum Gasteiger partial charge on any atom is 0.356 e. The Balaban J connectivity index is 3.19. The minimum atomic E-state index is -0.611. The average molecular weight is 228 g/mol. The van der Waals surface area contributed by atoms with Crippen LogP contribution < -0.4 is 0 Å². The SMILES string of the molecule is COC(=O)c1ccc([N+](=O)[O-])c(SC)n1. The van der Waals surface area contributed by atoms with Crippen LogP contribution in [0.5, 0.6) is 0 Å². The van der Waals surface area contributed by atoms with Crippen molar-refractivity contribution < 1.29 is 14.5 Å². The number of carbonyl (C=O) groups excluding carboxylic acids is 1. The zero-order chi connectivity index (χ0) is 11.4. The fourth-order valence-corrected chi connectivity index (χ4v) is 1.48. The molecule has 0 aromatic carbocycles. The van der Waals surface area contributed by atoms with Crippen LogP contribution in [0.4, 0.5) is 5.69 Å². The van der Waals surface area contributed by atoms with E-state index in [1.165, 1.54) is 19.2 Å². The van der Waals surface area contributed by atoms with Gasteiger partial charge in [-0.1, -0.05) is 0 Å². The van der Waals surface area contributed by atoms with E-state index in [2.05, 4.69) is 9.72 Å². The van der Waals surface area contributed by atoms with Crippen LogP contribution in [0.25, 0.3) is 0 Å². The Hall–Kier alpha value is -1.63. The molecule has 0 spiro atoms. The highest BCUT2D eigenvalue weighted by Gasteiger charge is 2.17. The predicted octanol–water partition coefficient (Wildman–Crippen LogP) is 1.50. The highest BCUT2D eigenvalue weighted by molar-refractivity contribution is 7.98. The summed E-state index contributed by atoms with van der Waals surface area (Å²) in [7, 11) is 1.23. The number of rotatable bonds is 3. The van der Waals surface area contributed by atoms with E-state index in [0.717, 1.165) is 11.8 Å². The number of hydrogen-bond donors (Lipinski definition) is 0. The van der Waals surface area contributed by atoms with Crippen molar-refractivity contribution in [3.8, 4) is 0 Å². The molecular formula is C8H8N2O4S. The van der Waals surface area contributed by atoms with E-state index in [1.54, 1.807) is 6.26 Å². The molecule has 6 nitrogen and oxygen atoms in total. The number of carbonyl (C=O) groups is 1. The summed E-state index contributed by atoms with van der Waals surface area (Å²) in [5.74, 6) is -0.611. The number of aromatic nitrogens is 1. The Kier molecular flexibility index (Phi) is 3.62. The van der Waals surface area contributed by atoms with Gasteiger partial charge < -0.3 is 4.74 Å². The van der Waals surface area contributed by atoms with Gasteiger partial charge in [0.1, 0.15) is 5.69 Å². The summed E-state index contributed by atoms with van der Waals surface area (Å²) in [6.07, 6.45) is 1.65. The highest BCUT2D eigenvalue weighted by atomic mass is 32.2. The number of methoxy groups -OCH3 is 1. The number of nitro groups is 1. The van der Waals surface area contributed by atoms with Crippen molar-refractivity contribution in [1.82, 2.24) is 4.98 Å². The third-order valence-electron chi connectivity index (χ3n) is 1.62. The van der Waals surface area contributed by atoms with Crippen molar-refractivity contribution in [3.05, 3.63) is 27.9 Å². The third kappa shape index (κ3) is 2.44. The van der Waals surface area contributed by atoms with Gasteiger partial charge in [0.15, 0.2) is 5.03 Å². The molecule has 7 heteroatoms. The van der Waals surface area contributed by atoms with Gasteiger partial charge >= 0.3 is 11.7 Å². The largest absolute Gasteiger partial charge is 0.464 e. The normalized spacial score (nSPS) is 9.73. The minimum absolute atomic E-state index is 0.0625. The van der Waals surface area contributed by atoms with E-state index in [0.29, 0.717) is 0 Å². The first-order chi connectivity index (χ1) is 7.10. The summed E-state index contributed by atoms with van der Waals surface area (Å²) < 4.78 is 4.46. The molecule has 0 fully saturated rings. The first-order valence-corrected chi connectivity index (χ1v) is 5.10. The number of pyridine rings is 1. The summed E-state index contributed by atoms with van der Waals surface area (Å²) in [5, 5.41) is 10.8. The molecule has 0 amide bonds. The third-order valence-corrected chi connectivity index (χ3v) is 2.31. The zero-order valence-electron chi connectivity index (χ0n) is 8.09. The zero-order valence-corrected chi connectivity index (χ0v) is 8.91. The van der Waals surface area contributed by atoms with Gasteiger partial charge in [-0.15, -0.1) is 11.8 Å². The van der Waals surface area contributed by atoms with Crippen LogP contribution in [0.1, 0.15) is 10.5 Å². The molecule has 15 heavy (non-hydrogen) atoms. The topological polar surface area (TPSA) is 82.3 Å². The minimum Gasteiger partial charge on any atom is -0.464 e. The smallest absolute Gasteiger partial charge is 0.356 e. The van der Waals surface area contributed by atoms with Gasteiger partial charge in [-0.05, 0) is 12.3 Å². The van der Waals surface area contributed by atoms with Gasteiger partial charge in [0.05, 0.1) is 12.0 Å². The van der Waals surface area contributed by atoms with Crippen LogP contribution in [-0.2, 0) is 4.74 Å². The van der Waals surface area contributed by atoms with Gasteiger partial charge in [0, 0.05) is 6.07 Å². The molecule has 0 saturated heterocycles. The molecule has 0 aliphatic carbocycles. The summed E-state index contributed by atoms with van der Waals surface area (Å²) >= 11 is 1.11. The average Bonchev–Trinajstić information content (AvgIpc) is 2.26. The van der Waals surface area contributed by atoms with E-state index >= 15 is 0 Å². The molecule has 1 rings (SSSR count). The quantitative estimate of drug-likeness (QED) is 0.337. The molecule has 80 valence electrons. The van der Waals surface area contributed by atoms with Crippen molar-refractivity contribution in [1.29, 1.82) is 0 Å². The van der Waals surface area contributed by atoms with Crippen molar-refractivity contribution >= 4 is 23.4 Å². The lowest BCUT2D eigenvalue weighted by atomic mass is 10.3. The molecule has 1 aromatic rings. The highest BCUT2D eigenvalue weighted by Crippen LogP contribution is 2.25. The van der Waals surface area contributed by atoms with Crippen molar-refractivity contribution in [2.24, 2.45) is 0 Å². The fraction of sp³-hybridized carbons (Fsp3) is 0.250. The van der Waals surface area contributed by atoms with E-state index in [9.17, 15) is 14.9 Å². The molecule has 0 N–H and O–H groups in total. The molecule has 0 radical (unpaired) electrons. The first-order valence-electron chi connectivity index (χ1n) is 3.88. The summed E-state index contributed by atoms with van der Waals surface area (Å²) in [6, 6.07) is 2.51. The van der Waals surface area contributed by atoms with Gasteiger partial charge in [-0.2, -0.15) is 0 Å². The van der Waals surface area contributed by atoms with Gasteiger partial charge in [0.2, 0.25) is 0 Å². The van der Waals surface area contributed by atoms with Gasteiger partial charge in [-0.3, -0.25) is 10.1 Å². The van der Waals surface area contributed by atoms with Crippen LogP contribution >= 0.6 is 11.8 Å². The van der Waals surface area contributed by atoms with Crippen LogP contribution in [-0.4, -0.2) is 29.2 Å². The molecule has 0 aliphatic heterocycles. The summed E-state index contributed by atoms with van der Waals surface area (Å²) in [4.78, 5) is 25.0. The molecule has 0 unspecified atom stereocenters. The van der Waals surface area contributed by atoms with Crippen LogP contribution in [0, 0.1) is 10.1 Å². The lowest BCUT2D eigenvalue weighted by Gasteiger charge is -2.01.